The van der Waals surface area contributed by atoms with Crippen molar-refractivity contribution in [2.24, 2.45) is 0 Å². The molecule has 2 rings (SSSR count). The third-order valence-electron chi connectivity index (χ3n) is 3.81. The standard InChI is InChI=1S/C17H24ClN3O/c1-5-21-11-10-19-16(21)17(2,22-13-12-20(3)4)14-6-8-15(18)9-7-14/h6-11H,5,12-13H2,1-4H3. The predicted octanol–water partition coefficient (Wildman–Crippen LogP) is 3.40. The van der Waals surface area contributed by atoms with E-state index in [4.69, 9.17) is 16.3 Å². The van der Waals surface area contributed by atoms with Crippen molar-refractivity contribution in [2.75, 3.05) is 27.2 Å². The van der Waals surface area contributed by atoms with Crippen molar-refractivity contribution < 1.29 is 4.74 Å². The van der Waals surface area contributed by atoms with Gasteiger partial charge < -0.3 is 14.2 Å². The van der Waals surface area contributed by atoms with Gasteiger partial charge in [-0.15, -0.1) is 0 Å². The van der Waals surface area contributed by atoms with Crippen LogP contribution in [-0.4, -0.2) is 41.7 Å². The Kier molecular flexibility index (Phi) is 5.62. The highest BCUT2D eigenvalue weighted by Crippen LogP contribution is 2.33. The van der Waals surface area contributed by atoms with E-state index < -0.39 is 5.60 Å². The van der Waals surface area contributed by atoms with Crippen LogP contribution in [0.2, 0.25) is 5.02 Å². The van der Waals surface area contributed by atoms with Crippen molar-refractivity contribution in [3.8, 4) is 0 Å². The van der Waals surface area contributed by atoms with Crippen molar-refractivity contribution in [1.29, 1.82) is 0 Å². The molecular weight excluding hydrogens is 298 g/mol. The van der Waals surface area contributed by atoms with Gasteiger partial charge in [0.05, 0.1) is 6.61 Å². The van der Waals surface area contributed by atoms with Gasteiger partial charge in [-0.1, -0.05) is 23.7 Å². The summed E-state index contributed by atoms with van der Waals surface area (Å²) >= 11 is 6.02. The maximum atomic E-state index is 6.29. The molecule has 0 aliphatic rings. The van der Waals surface area contributed by atoms with Crippen LogP contribution in [0.3, 0.4) is 0 Å². The van der Waals surface area contributed by atoms with Crippen LogP contribution >= 0.6 is 11.6 Å². The minimum absolute atomic E-state index is 0.597. The quantitative estimate of drug-likeness (QED) is 0.783. The minimum atomic E-state index is -0.597. The van der Waals surface area contributed by atoms with E-state index in [1.165, 1.54) is 0 Å². The maximum absolute atomic E-state index is 6.29. The van der Waals surface area contributed by atoms with Gasteiger partial charge >= 0.3 is 0 Å². The Bertz CT molecular complexity index is 594. The number of hydrogen-bond donors (Lipinski definition) is 0. The summed E-state index contributed by atoms with van der Waals surface area (Å²) in [5.41, 5.74) is 0.455. The van der Waals surface area contributed by atoms with Gasteiger partial charge in [-0.05, 0) is 45.6 Å². The van der Waals surface area contributed by atoms with Crippen LogP contribution in [0.1, 0.15) is 25.2 Å². The molecule has 0 amide bonds. The molecule has 0 N–H and O–H groups in total. The van der Waals surface area contributed by atoms with E-state index in [0.717, 1.165) is 29.5 Å². The lowest BCUT2D eigenvalue weighted by Crippen LogP contribution is -2.34. The normalized spacial score (nSPS) is 14.3. The fraction of sp³-hybridized carbons (Fsp3) is 0.471. The topological polar surface area (TPSA) is 30.3 Å². The van der Waals surface area contributed by atoms with Gasteiger partial charge in [0.2, 0.25) is 0 Å². The molecule has 1 unspecified atom stereocenters. The number of benzene rings is 1. The first-order valence-electron chi connectivity index (χ1n) is 7.53. The van der Waals surface area contributed by atoms with Crippen LogP contribution in [0.25, 0.3) is 0 Å². The minimum Gasteiger partial charge on any atom is -0.361 e. The molecular formula is C17H24ClN3O. The number of likely N-dealkylation sites (N-methyl/N-ethyl adjacent to an activating group) is 1. The summed E-state index contributed by atoms with van der Waals surface area (Å²) in [5, 5.41) is 0.721. The van der Waals surface area contributed by atoms with Crippen LogP contribution in [0, 0.1) is 0 Å². The molecule has 0 saturated heterocycles. The molecule has 0 aliphatic heterocycles. The SMILES string of the molecule is CCn1ccnc1C(C)(OCCN(C)C)c1ccc(Cl)cc1. The molecule has 1 aromatic carbocycles. The second-order valence-corrected chi connectivity index (χ2v) is 6.17. The molecule has 0 bridgehead atoms. The lowest BCUT2D eigenvalue weighted by Gasteiger charge is -2.31. The van der Waals surface area contributed by atoms with Gasteiger partial charge in [0, 0.05) is 30.5 Å². The van der Waals surface area contributed by atoms with Crippen molar-refractivity contribution >= 4 is 11.6 Å². The smallest absolute Gasteiger partial charge is 0.148 e. The lowest BCUT2D eigenvalue weighted by molar-refractivity contribution is -0.0184. The van der Waals surface area contributed by atoms with Crippen LogP contribution < -0.4 is 0 Å². The predicted molar refractivity (Wildman–Crippen MR) is 90.3 cm³/mol. The van der Waals surface area contributed by atoms with Crippen molar-refractivity contribution in [2.45, 2.75) is 26.0 Å². The summed E-state index contributed by atoms with van der Waals surface area (Å²) in [6.45, 7) is 6.52. The Morgan fingerprint density at radius 3 is 2.55 bits per heavy atom. The van der Waals surface area contributed by atoms with Crippen molar-refractivity contribution in [3.63, 3.8) is 0 Å². The zero-order chi connectivity index (χ0) is 16.2. The maximum Gasteiger partial charge on any atom is 0.148 e. The van der Waals surface area contributed by atoms with E-state index in [9.17, 15) is 0 Å². The van der Waals surface area contributed by atoms with Crippen LogP contribution in [0.5, 0.6) is 0 Å². The van der Waals surface area contributed by atoms with E-state index >= 15 is 0 Å². The summed E-state index contributed by atoms with van der Waals surface area (Å²) in [4.78, 5) is 6.65. The monoisotopic (exact) mass is 321 g/mol. The molecule has 0 aliphatic carbocycles. The number of halogens is 1. The highest BCUT2D eigenvalue weighted by atomic mass is 35.5. The molecule has 5 heteroatoms. The Morgan fingerprint density at radius 2 is 1.95 bits per heavy atom. The molecule has 0 radical (unpaired) electrons. The van der Waals surface area contributed by atoms with E-state index in [-0.39, 0.29) is 0 Å². The average Bonchev–Trinajstić information content (AvgIpc) is 2.96. The van der Waals surface area contributed by atoms with Crippen LogP contribution in [0.4, 0.5) is 0 Å². The second-order valence-electron chi connectivity index (χ2n) is 5.73. The first-order valence-corrected chi connectivity index (χ1v) is 7.91. The van der Waals surface area contributed by atoms with Gasteiger partial charge in [-0.25, -0.2) is 4.98 Å². The molecule has 22 heavy (non-hydrogen) atoms. The molecule has 1 aromatic heterocycles. The zero-order valence-electron chi connectivity index (χ0n) is 13.7. The number of rotatable bonds is 7. The Morgan fingerprint density at radius 1 is 1.27 bits per heavy atom. The highest BCUT2D eigenvalue weighted by molar-refractivity contribution is 6.30. The first-order chi connectivity index (χ1) is 10.5. The Labute approximate surface area is 137 Å². The molecule has 1 atom stereocenters. The molecule has 2 aromatic rings. The molecule has 120 valence electrons. The summed E-state index contributed by atoms with van der Waals surface area (Å²) in [7, 11) is 4.08. The van der Waals surface area contributed by atoms with Gasteiger partial charge in [0.1, 0.15) is 11.4 Å². The number of ether oxygens (including phenoxy) is 1. The molecule has 0 fully saturated rings. The third-order valence-corrected chi connectivity index (χ3v) is 4.06. The van der Waals surface area contributed by atoms with E-state index in [1.807, 2.05) is 50.8 Å². The third kappa shape index (κ3) is 3.69. The average molecular weight is 322 g/mol. The van der Waals surface area contributed by atoms with Crippen LogP contribution in [0.15, 0.2) is 36.7 Å². The largest absolute Gasteiger partial charge is 0.361 e. The van der Waals surface area contributed by atoms with Gasteiger partial charge in [0.15, 0.2) is 0 Å². The summed E-state index contributed by atoms with van der Waals surface area (Å²) in [6, 6.07) is 7.80. The summed E-state index contributed by atoms with van der Waals surface area (Å²) < 4.78 is 8.40. The van der Waals surface area contributed by atoms with E-state index in [1.54, 1.807) is 0 Å². The molecule has 0 saturated carbocycles. The van der Waals surface area contributed by atoms with Gasteiger partial charge in [-0.3, -0.25) is 0 Å². The lowest BCUT2D eigenvalue weighted by atomic mass is 9.94. The molecule has 4 nitrogen and oxygen atoms in total. The second kappa shape index (κ2) is 7.27. The van der Waals surface area contributed by atoms with Crippen LogP contribution in [-0.2, 0) is 16.9 Å². The van der Waals surface area contributed by atoms with Gasteiger partial charge in [-0.2, -0.15) is 0 Å². The van der Waals surface area contributed by atoms with E-state index in [2.05, 4.69) is 28.3 Å². The molecule has 1 heterocycles. The number of nitrogens with zero attached hydrogens (tertiary/aromatic N) is 3. The van der Waals surface area contributed by atoms with E-state index in [0.29, 0.717) is 6.61 Å². The highest BCUT2D eigenvalue weighted by Gasteiger charge is 2.34. The molecule has 0 spiro atoms. The Balaban J connectivity index is 2.37. The number of hydrogen-bond acceptors (Lipinski definition) is 3. The van der Waals surface area contributed by atoms with Crippen molar-refractivity contribution in [3.05, 3.63) is 53.1 Å². The zero-order valence-corrected chi connectivity index (χ0v) is 14.5. The fourth-order valence-electron chi connectivity index (χ4n) is 2.46. The number of aromatic nitrogens is 2. The first kappa shape index (κ1) is 17.0. The van der Waals surface area contributed by atoms with Crippen molar-refractivity contribution in [1.82, 2.24) is 14.5 Å². The number of imidazole rings is 1. The summed E-state index contributed by atoms with van der Waals surface area (Å²) in [5.74, 6) is 0.913. The number of aryl methyl sites for hydroxylation is 1. The fourth-order valence-corrected chi connectivity index (χ4v) is 2.58. The van der Waals surface area contributed by atoms with Gasteiger partial charge in [0.25, 0.3) is 0 Å². The summed E-state index contributed by atoms with van der Waals surface area (Å²) in [6.07, 6.45) is 3.81. The Hall–Kier alpha value is -1.36.